The van der Waals surface area contributed by atoms with Crippen molar-refractivity contribution in [1.29, 1.82) is 0 Å². The van der Waals surface area contributed by atoms with Gasteiger partial charge in [0, 0.05) is 39.4 Å². The highest BCUT2D eigenvalue weighted by molar-refractivity contribution is 5.79. The number of nitrogens with zero attached hydrogens (tertiary/aromatic N) is 3. The molecule has 1 aromatic carbocycles. The highest BCUT2D eigenvalue weighted by Crippen LogP contribution is 2.16. The van der Waals surface area contributed by atoms with Gasteiger partial charge in [0.25, 0.3) is 0 Å². The highest BCUT2D eigenvalue weighted by atomic mass is 19.1. The van der Waals surface area contributed by atoms with Gasteiger partial charge >= 0.3 is 0 Å². The fourth-order valence-corrected chi connectivity index (χ4v) is 3.11. The van der Waals surface area contributed by atoms with Crippen LogP contribution in [0.4, 0.5) is 10.2 Å². The molecule has 1 fully saturated rings. The zero-order valence-electron chi connectivity index (χ0n) is 16.7. The molecule has 7 heteroatoms. The summed E-state index contributed by atoms with van der Waals surface area (Å²) in [5, 5.41) is 6.51. The summed E-state index contributed by atoms with van der Waals surface area (Å²) in [5.41, 5.74) is 2.64. The van der Waals surface area contributed by atoms with E-state index in [1.165, 1.54) is 0 Å². The molecule has 1 aromatic heterocycles. The summed E-state index contributed by atoms with van der Waals surface area (Å²) in [4.78, 5) is 11.0. The lowest BCUT2D eigenvalue weighted by Gasteiger charge is -2.32. The molecule has 1 saturated heterocycles. The van der Waals surface area contributed by atoms with Gasteiger partial charge in [-0.3, -0.25) is 4.99 Å². The quantitative estimate of drug-likeness (QED) is 0.612. The lowest BCUT2D eigenvalue weighted by Crippen LogP contribution is -2.41. The topological polar surface area (TPSA) is 61.8 Å². The van der Waals surface area contributed by atoms with Crippen molar-refractivity contribution in [3.05, 3.63) is 59.0 Å². The fraction of sp³-hybridized carbons (Fsp3) is 0.429. The van der Waals surface area contributed by atoms with Crippen LogP contribution in [0.1, 0.15) is 23.6 Å². The van der Waals surface area contributed by atoms with Gasteiger partial charge in [0.2, 0.25) is 0 Å². The average molecular weight is 385 g/mol. The summed E-state index contributed by atoms with van der Waals surface area (Å²) in [6.07, 6.45) is 2.05. The van der Waals surface area contributed by atoms with Gasteiger partial charge < -0.3 is 20.3 Å². The first-order chi connectivity index (χ1) is 13.5. The minimum Gasteiger partial charge on any atom is -0.375 e. The molecule has 0 bridgehead atoms. The Hall–Kier alpha value is -2.67. The molecular formula is C21H28FN5O. The largest absolute Gasteiger partial charge is 0.375 e. The second-order valence-electron chi connectivity index (χ2n) is 7.01. The Morgan fingerprint density at radius 1 is 1.25 bits per heavy atom. The lowest BCUT2D eigenvalue weighted by molar-refractivity contribution is 0.0529. The van der Waals surface area contributed by atoms with E-state index >= 15 is 0 Å². The maximum absolute atomic E-state index is 13.7. The number of benzene rings is 1. The monoisotopic (exact) mass is 385 g/mol. The third-order valence-electron chi connectivity index (χ3n) is 4.75. The summed E-state index contributed by atoms with van der Waals surface area (Å²) >= 11 is 0. The van der Waals surface area contributed by atoms with Gasteiger partial charge in [-0.05, 0) is 48.7 Å². The third-order valence-corrected chi connectivity index (χ3v) is 4.75. The second-order valence-corrected chi connectivity index (χ2v) is 7.01. The Bertz CT molecular complexity index is 826. The van der Waals surface area contributed by atoms with Crippen LogP contribution in [0.25, 0.3) is 0 Å². The van der Waals surface area contributed by atoms with E-state index < -0.39 is 0 Å². The minimum atomic E-state index is -0.191. The van der Waals surface area contributed by atoms with Crippen LogP contribution in [-0.2, 0) is 17.8 Å². The summed E-state index contributed by atoms with van der Waals surface area (Å²) in [6.45, 7) is 7.38. The van der Waals surface area contributed by atoms with E-state index in [0.717, 1.165) is 36.6 Å². The average Bonchev–Trinajstić information content (AvgIpc) is 2.71. The number of guanidine groups is 1. The van der Waals surface area contributed by atoms with E-state index in [9.17, 15) is 4.39 Å². The van der Waals surface area contributed by atoms with Crippen molar-refractivity contribution in [3.8, 4) is 0 Å². The number of hydrogen-bond donors (Lipinski definition) is 2. The maximum atomic E-state index is 13.7. The highest BCUT2D eigenvalue weighted by Gasteiger charge is 2.18. The molecule has 2 heterocycles. The first kappa shape index (κ1) is 20.1. The number of aromatic nitrogens is 1. The molecule has 0 radical (unpaired) electrons. The number of anilines is 1. The zero-order chi connectivity index (χ0) is 19.9. The van der Waals surface area contributed by atoms with Gasteiger partial charge in [0.15, 0.2) is 5.96 Å². The number of ether oxygens (including phenoxy) is 1. The molecule has 6 nitrogen and oxygen atoms in total. The SMILES string of the molecule is CN=C(NCc1ccnc(N2CCOC(C)C2)c1)NCc1ccc(C)c(F)c1. The van der Waals surface area contributed by atoms with Crippen LogP contribution >= 0.6 is 0 Å². The van der Waals surface area contributed by atoms with Crippen molar-refractivity contribution >= 4 is 11.8 Å². The molecule has 2 aromatic rings. The van der Waals surface area contributed by atoms with Gasteiger partial charge in [-0.15, -0.1) is 0 Å². The Labute approximate surface area is 165 Å². The molecule has 150 valence electrons. The summed E-state index contributed by atoms with van der Waals surface area (Å²) < 4.78 is 19.3. The van der Waals surface area contributed by atoms with Crippen molar-refractivity contribution in [2.24, 2.45) is 4.99 Å². The Morgan fingerprint density at radius 2 is 2.00 bits per heavy atom. The van der Waals surface area contributed by atoms with E-state index in [-0.39, 0.29) is 11.9 Å². The molecule has 0 amide bonds. The van der Waals surface area contributed by atoms with Crippen LogP contribution in [0.2, 0.25) is 0 Å². The van der Waals surface area contributed by atoms with Crippen LogP contribution < -0.4 is 15.5 Å². The number of aliphatic imine (C=N–C) groups is 1. The Kier molecular flexibility index (Phi) is 6.81. The predicted molar refractivity (Wildman–Crippen MR) is 110 cm³/mol. The molecule has 0 aliphatic carbocycles. The van der Waals surface area contributed by atoms with Crippen molar-refractivity contribution in [1.82, 2.24) is 15.6 Å². The molecule has 1 aliphatic rings. The number of morpholine rings is 1. The minimum absolute atomic E-state index is 0.191. The van der Waals surface area contributed by atoms with E-state index in [4.69, 9.17) is 4.74 Å². The summed E-state index contributed by atoms with van der Waals surface area (Å²) in [6, 6.07) is 9.33. The van der Waals surface area contributed by atoms with E-state index in [1.54, 1.807) is 26.1 Å². The number of nitrogens with one attached hydrogen (secondary N) is 2. The van der Waals surface area contributed by atoms with Crippen LogP contribution in [-0.4, -0.2) is 43.8 Å². The Morgan fingerprint density at radius 3 is 2.68 bits per heavy atom. The smallest absolute Gasteiger partial charge is 0.191 e. The van der Waals surface area contributed by atoms with Gasteiger partial charge in [-0.1, -0.05) is 12.1 Å². The number of halogens is 1. The van der Waals surface area contributed by atoms with Crippen LogP contribution in [0.5, 0.6) is 0 Å². The van der Waals surface area contributed by atoms with Crippen LogP contribution in [0, 0.1) is 12.7 Å². The van der Waals surface area contributed by atoms with Gasteiger partial charge in [-0.25, -0.2) is 9.37 Å². The number of aryl methyl sites for hydroxylation is 1. The third kappa shape index (κ3) is 5.42. The first-order valence-corrected chi connectivity index (χ1v) is 9.56. The summed E-state index contributed by atoms with van der Waals surface area (Å²) in [5.74, 6) is 1.44. The normalized spacial score (nSPS) is 17.5. The zero-order valence-corrected chi connectivity index (χ0v) is 16.7. The van der Waals surface area contributed by atoms with Crippen molar-refractivity contribution < 1.29 is 9.13 Å². The van der Waals surface area contributed by atoms with Gasteiger partial charge in [0.05, 0.1) is 12.7 Å². The maximum Gasteiger partial charge on any atom is 0.191 e. The second kappa shape index (κ2) is 9.50. The molecular weight excluding hydrogens is 357 g/mol. The van der Waals surface area contributed by atoms with Crippen molar-refractivity contribution in [3.63, 3.8) is 0 Å². The molecule has 0 saturated carbocycles. The predicted octanol–water partition coefficient (Wildman–Crippen LogP) is 2.62. The number of rotatable bonds is 5. The van der Waals surface area contributed by atoms with Crippen LogP contribution in [0.15, 0.2) is 41.5 Å². The standard InChI is InChI=1S/C21H28FN5O/c1-15-4-5-17(10-19(15)22)12-25-21(23-3)26-13-18-6-7-24-20(11-18)27-8-9-28-16(2)14-27/h4-7,10-11,16H,8-9,12-14H2,1-3H3,(H2,23,25,26). The fourth-order valence-electron chi connectivity index (χ4n) is 3.11. The summed E-state index contributed by atoms with van der Waals surface area (Å²) in [7, 11) is 1.72. The van der Waals surface area contributed by atoms with E-state index in [2.05, 4.69) is 38.5 Å². The lowest BCUT2D eigenvalue weighted by atomic mass is 10.1. The van der Waals surface area contributed by atoms with Gasteiger partial charge in [-0.2, -0.15) is 0 Å². The Balaban J connectivity index is 1.54. The van der Waals surface area contributed by atoms with E-state index in [0.29, 0.717) is 24.6 Å². The van der Waals surface area contributed by atoms with Crippen LogP contribution in [0.3, 0.4) is 0 Å². The van der Waals surface area contributed by atoms with Crippen molar-refractivity contribution in [2.75, 3.05) is 31.6 Å². The molecule has 3 rings (SSSR count). The van der Waals surface area contributed by atoms with Gasteiger partial charge in [0.1, 0.15) is 11.6 Å². The molecule has 1 atom stereocenters. The number of pyridine rings is 1. The molecule has 2 N–H and O–H groups in total. The first-order valence-electron chi connectivity index (χ1n) is 9.56. The van der Waals surface area contributed by atoms with Crippen molar-refractivity contribution in [2.45, 2.75) is 33.0 Å². The number of hydrogen-bond acceptors (Lipinski definition) is 4. The molecule has 28 heavy (non-hydrogen) atoms. The van der Waals surface area contributed by atoms with E-state index in [1.807, 2.05) is 18.3 Å². The molecule has 1 aliphatic heterocycles. The molecule has 1 unspecified atom stereocenters. The molecule has 0 spiro atoms.